The van der Waals surface area contributed by atoms with Gasteiger partial charge >= 0.3 is 0 Å². The van der Waals surface area contributed by atoms with Crippen molar-refractivity contribution in [1.82, 2.24) is 5.32 Å². The Hall–Kier alpha value is -2.73. The van der Waals surface area contributed by atoms with Crippen LogP contribution < -0.4 is 10.2 Å². The number of nitrogens with zero attached hydrogens (tertiary/aromatic N) is 1. The largest absolute Gasteiger partial charge is 0.372 e. The SMILES string of the molecule is CC1CN(c2cccc(C(C)NC(=O)C=Cc3cc(F)ccc3F)c2)CC(C)O1. The van der Waals surface area contributed by atoms with E-state index in [1.807, 2.05) is 19.1 Å². The maximum Gasteiger partial charge on any atom is 0.244 e. The van der Waals surface area contributed by atoms with E-state index < -0.39 is 11.6 Å². The Morgan fingerprint density at radius 3 is 2.62 bits per heavy atom. The summed E-state index contributed by atoms with van der Waals surface area (Å²) in [4.78, 5) is 14.5. The zero-order valence-corrected chi connectivity index (χ0v) is 16.9. The van der Waals surface area contributed by atoms with E-state index >= 15 is 0 Å². The zero-order chi connectivity index (χ0) is 21.0. The summed E-state index contributed by atoms with van der Waals surface area (Å²) in [6.45, 7) is 7.64. The first-order valence-electron chi connectivity index (χ1n) is 9.76. The molecule has 0 aliphatic carbocycles. The van der Waals surface area contributed by atoms with E-state index in [0.29, 0.717) is 0 Å². The number of carbonyl (C=O) groups is 1. The number of rotatable bonds is 5. The summed E-state index contributed by atoms with van der Waals surface area (Å²) < 4.78 is 32.7. The molecule has 2 aromatic carbocycles. The number of nitrogens with one attached hydrogen (secondary N) is 1. The Labute approximate surface area is 170 Å². The smallest absolute Gasteiger partial charge is 0.244 e. The van der Waals surface area contributed by atoms with E-state index in [1.165, 1.54) is 12.2 Å². The van der Waals surface area contributed by atoms with Crippen molar-refractivity contribution < 1.29 is 18.3 Å². The van der Waals surface area contributed by atoms with E-state index in [2.05, 4.69) is 36.2 Å². The average Bonchev–Trinajstić information content (AvgIpc) is 2.68. The molecule has 1 heterocycles. The zero-order valence-electron chi connectivity index (χ0n) is 16.9. The van der Waals surface area contributed by atoms with E-state index in [-0.39, 0.29) is 29.7 Å². The highest BCUT2D eigenvalue weighted by Crippen LogP contribution is 2.24. The summed E-state index contributed by atoms with van der Waals surface area (Å²) in [7, 11) is 0. The van der Waals surface area contributed by atoms with Gasteiger partial charge in [-0.25, -0.2) is 8.78 Å². The summed E-state index contributed by atoms with van der Waals surface area (Å²) >= 11 is 0. The topological polar surface area (TPSA) is 41.6 Å². The number of hydrogen-bond acceptors (Lipinski definition) is 3. The third-order valence-corrected chi connectivity index (χ3v) is 4.89. The molecular formula is C23H26F2N2O2. The predicted octanol–water partition coefficient (Wildman–Crippen LogP) is 4.47. The Bertz CT molecular complexity index is 890. The van der Waals surface area contributed by atoms with Crippen molar-refractivity contribution in [3.05, 3.63) is 71.3 Å². The van der Waals surface area contributed by atoms with Gasteiger partial charge in [0, 0.05) is 30.4 Å². The Balaban J connectivity index is 1.66. The van der Waals surface area contributed by atoms with Crippen molar-refractivity contribution in [2.75, 3.05) is 18.0 Å². The molecule has 6 heteroatoms. The van der Waals surface area contributed by atoms with E-state index in [4.69, 9.17) is 4.74 Å². The first kappa shape index (κ1) is 21.0. The molecule has 4 nitrogen and oxygen atoms in total. The molecule has 1 N–H and O–H groups in total. The minimum Gasteiger partial charge on any atom is -0.372 e. The van der Waals surface area contributed by atoms with Crippen LogP contribution >= 0.6 is 0 Å². The maximum atomic E-state index is 13.7. The Morgan fingerprint density at radius 1 is 1.17 bits per heavy atom. The van der Waals surface area contributed by atoms with Crippen LogP contribution in [-0.2, 0) is 9.53 Å². The number of anilines is 1. The lowest BCUT2D eigenvalue weighted by atomic mass is 10.1. The molecule has 3 rings (SSSR count). The van der Waals surface area contributed by atoms with E-state index in [0.717, 1.165) is 42.5 Å². The van der Waals surface area contributed by atoms with Crippen molar-refractivity contribution >= 4 is 17.7 Å². The van der Waals surface area contributed by atoms with Crippen LogP contribution in [0.25, 0.3) is 6.08 Å². The molecule has 2 aromatic rings. The quantitative estimate of drug-likeness (QED) is 0.753. The van der Waals surface area contributed by atoms with Gasteiger partial charge in [-0.15, -0.1) is 0 Å². The first-order chi connectivity index (χ1) is 13.8. The van der Waals surface area contributed by atoms with Gasteiger partial charge in [0.05, 0.1) is 18.2 Å². The summed E-state index contributed by atoms with van der Waals surface area (Å²) in [5.41, 5.74) is 2.08. The highest BCUT2D eigenvalue weighted by Gasteiger charge is 2.22. The van der Waals surface area contributed by atoms with Gasteiger partial charge < -0.3 is 15.0 Å². The second-order valence-corrected chi connectivity index (χ2v) is 7.49. The van der Waals surface area contributed by atoms with Crippen molar-refractivity contribution in [2.24, 2.45) is 0 Å². The molecule has 1 fully saturated rings. The lowest BCUT2D eigenvalue weighted by Gasteiger charge is -2.37. The number of halogens is 2. The van der Waals surface area contributed by atoms with Gasteiger partial charge in [0.1, 0.15) is 11.6 Å². The number of ether oxygens (including phenoxy) is 1. The molecule has 1 saturated heterocycles. The second kappa shape index (κ2) is 9.18. The van der Waals surface area contributed by atoms with Gasteiger partial charge in [-0.2, -0.15) is 0 Å². The van der Waals surface area contributed by atoms with Gasteiger partial charge in [-0.05, 0) is 62.7 Å². The lowest BCUT2D eigenvalue weighted by molar-refractivity contribution is -0.117. The summed E-state index contributed by atoms with van der Waals surface area (Å²) in [6, 6.07) is 10.9. The second-order valence-electron chi connectivity index (χ2n) is 7.49. The molecule has 1 aliphatic rings. The molecule has 1 aliphatic heterocycles. The number of amides is 1. The molecular weight excluding hydrogens is 374 g/mol. The van der Waals surface area contributed by atoms with Crippen LogP contribution in [0.5, 0.6) is 0 Å². The van der Waals surface area contributed by atoms with Gasteiger partial charge in [0.25, 0.3) is 0 Å². The van der Waals surface area contributed by atoms with Crippen molar-refractivity contribution in [2.45, 2.75) is 39.0 Å². The highest BCUT2D eigenvalue weighted by molar-refractivity contribution is 5.92. The molecule has 3 unspecified atom stereocenters. The molecule has 0 aromatic heterocycles. The maximum absolute atomic E-state index is 13.7. The van der Waals surface area contributed by atoms with Crippen LogP contribution in [0.1, 0.15) is 37.9 Å². The fraction of sp³-hybridized carbons (Fsp3) is 0.348. The van der Waals surface area contributed by atoms with Gasteiger partial charge in [-0.3, -0.25) is 4.79 Å². The minimum atomic E-state index is -0.579. The first-order valence-corrected chi connectivity index (χ1v) is 9.76. The lowest BCUT2D eigenvalue weighted by Crippen LogP contribution is -2.45. The minimum absolute atomic E-state index is 0.0327. The van der Waals surface area contributed by atoms with E-state index in [1.54, 1.807) is 0 Å². The molecule has 0 saturated carbocycles. The average molecular weight is 400 g/mol. The third-order valence-electron chi connectivity index (χ3n) is 4.89. The van der Waals surface area contributed by atoms with Crippen molar-refractivity contribution in [3.63, 3.8) is 0 Å². The normalized spacial score (nSPS) is 20.7. The molecule has 29 heavy (non-hydrogen) atoms. The van der Waals surface area contributed by atoms with Crippen LogP contribution in [0.15, 0.2) is 48.5 Å². The standard InChI is InChI=1S/C23H26F2N2O2/c1-15-13-27(14-16(2)29-15)21-6-4-5-18(12-21)17(3)26-23(28)10-7-19-11-20(24)8-9-22(19)25/h4-12,15-17H,13-14H2,1-3H3,(H,26,28). The predicted molar refractivity (Wildman–Crippen MR) is 111 cm³/mol. The van der Waals surface area contributed by atoms with Gasteiger partial charge in [0.2, 0.25) is 5.91 Å². The Kier molecular flexibility index (Phi) is 6.64. The molecule has 154 valence electrons. The molecule has 0 bridgehead atoms. The van der Waals surface area contributed by atoms with Gasteiger partial charge in [-0.1, -0.05) is 12.1 Å². The van der Waals surface area contributed by atoms with E-state index in [9.17, 15) is 13.6 Å². The molecule has 0 radical (unpaired) electrons. The van der Waals surface area contributed by atoms with Crippen molar-refractivity contribution in [3.8, 4) is 0 Å². The molecule has 3 atom stereocenters. The van der Waals surface area contributed by atoms with Gasteiger partial charge in [0.15, 0.2) is 0 Å². The fourth-order valence-electron chi connectivity index (χ4n) is 3.53. The number of morpholine rings is 1. The third kappa shape index (κ3) is 5.64. The summed E-state index contributed by atoms with van der Waals surface area (Å²) in [5.74, 6) is -1.51. The fourth-order valence-corrected chi connectivity index (χ4v) is 3.53. The van der Waals surface area contributed by atoms with Crippen LogP contribution in [0.4, 0.5) is 14.5 Å². The molecule has 1 amide bonds. The summed E-state index contributed by atoms with van der Waals surface area (Å²) in [6.07, 6.45) is 2.80. The number of carbonyl (C=O) groups excluding carboxylic acids is 1. The summed E-state index contributed by atoms with van der Waals surface area (Å²) in [5, 5.41) is 2.86. The number of hydrogen-bond donors (Lipinski definition) is 1. The van der Waals surface area contributed by atoms with Crippen molar-refractivity contribution in [1.29, 1.82) is 0 Å². The molecule has 0 spiro atoms. The Morgan fingerprint density at radius 2 is 1.90 bits per heavy atom. The van der Waals surface area contributed by atoms with Crippen LogP contribution in [-0.4, -0.2) is 31.2 Å². The monoisotopic (exact) mass is 400 g/mol. The number of benzene rings is 2. The van der Waals surface area contributed by atoms with Crippen LogP contribution in [0, 0.1) is 11.6 Å². The highest BCUT2D eigenvalue weighted by atomic mass is 19.1. The van der Waals surface area contributed by atoms with Crippen LogP contribution in [0.3, 0.4) is 0 Å². The van der Waals surface area contributed by atoms with Crippen LogP contribution in [0.2, 0.25) is 0 Å².